The summed E-state index contributed by atoms with van der Waals surface area (Å²) in [4.78, 5) is 50.8. The molecule has 23 heavy (non-hydrogen) atoms. The molecule has 0 aromatic carbocycles. The van der Waals surface area contributed by atoms with Crippen LogP contribution in [0.4, 0.5) is 0 Å². The maximum Gasteiger partial charge on any atom is 0.146 e. The monoisotopic (exact) mass is 316 g/mol. The molecule has 0 amide bonds. The third kappa shape index (κ3) is 1.84. The highest BCUT2D eigenvalue weighted by Crippen LogP contribution is 2.58. The first-order valence-corrected chi connectivity index (χ1v) is 9.12. The van der Waals surface area contributed by atoms with E-state index < -0.39 is 11.8 Å². The van der Waals surface area contributed by atoms with Crippen molar-refractivity contribution in [1.29, 1.82) is 0 Å². The molecule has 0 bridgehead atoms. The van der Waals surface area contributed by atoms with Crippen molar-refractivity contribution in [1.82, 2.24) is 0 Å². The molecular formula is C19H24O4. The van der Waals surface area contributed by atoms with Gasteiger partial charge in [0.2, 0.25) is 0 Å². The highest BCUT2D eigenvalue weighted by molar-refractivity contribution is 6.09. The molecule has 0 aromatic rings. The maximum absolute atomic E-state index is 12.8. The molecule has 0 spiro atoms. The lowest BCUT2D eigenvalue weighted by Crippen LogP contribution is -2.61. The van der Waals surface area contributed by atoms with Gasteiger partial charge >= 0.3 is 0 Å². The second-order valence-electron chi connectivity index (χ2n) is 8.03. The Labute approximate surface area is 136 Å². The van der Waals surface area contributed by atoms with E-state index in [4.69, 9.17) is 0 Å². The summed E-state index contributed by atoms with van der Waals surface area (Å²) < 4.78 is 0. The Bertz CT molecular complexity index is 558. The van der Waals surface area contributed by atoms with Crippen LogP contribution in [-0.2, 0) is 19.2 Å². The molecule has 0 aromatic heterocycles. The zero-order valence-corrected chi connectivity index (χ0v) is 13.8. The first-order chi connectivity index (χ1) is 11.0. The number of carbonyl (C=O) groups is 4. The van der Waals surface area contributed by atoms with Crippen molar-refractivity contribution < 1.29 is 19.2 Å². The van der Waals surface area contributed by atoms with Crippen molar-refractivity contribution in [3.8, 4) is 0 Å². The Kier molecular flexibility index (Phi) is 3.37. The number of hydrogen-bond acceptors (Lipinski definition) is 4. The zero-order valence-electron chi connectivity index (χ0n) is 13.8. The molecule has 4 aliphatic rings. The van der Waals surface area contributed by atoms with E-state index in [1.54, 1.807) is 6.92 Å². The van der Waals surface area contributed by atoms with Gasteiger partial charge in [-0.1, -0.05) is 6.92 Å². The van der Waals surface area contributed by atoms with Crippen LogP contribution in [0.15, 0.2) is 0 Å². The molecule has 0 radical (unpaired) electrons. The molecule has 4 saturated carbocycles. The summed E-state index contributed by atoms with van der Waals surface area (Å²) >= 11 is 0. The molecule has 4 rings (SSSR count). The summed E-state index contributed by atoms with van der Waals surface area (Å²) in [5, 5.41) is 0. The minimum absolute atomic E-state index is 0.0456. The van der Waals surface area contributed by atoms with Gasteiger partial charge in [0.05, 0.1) is 11.8 Å². The fourth-order valence-corrected chi connectivity index (χ4v) is 6.29. The summed E-state index contributed by atoms with van der Waals surface area (Å²) in [6, 6.07) is 0. The van der Waals surface area contributed by atoms with Crippen molar-refractivity contribution in [2.45, 2.75) is 46.0 Å². The fourth-order valence-electron chi connectivity index (χ4n) is 6.29. The minimum atomic E-state index is -0.493. The van der Waals surface area contributed by atoms with E-state index in [0.717, 1.165) is 25.7 Å². The average Bonchev–Trinajstić information content (AvgIpc) is 2.56. The second kappa shape index (κ2) is 5.09. The lowest BCUT2D eigenvalue weighted by molar-refractivity contribution is -0.170. The summed E-state index contributed by atoms with van der Waals surface area (Å²) in [5.41, 5.74) is 0. The fraction of sp³-hybridized carbons (Fsp3) is 0.789. The Morgan fingerprint density at radius 1 is 0.696 bits per heavy atom. The van der Waals surface area contributed by atoms with Gasteiger partial charge in [-0.3, -0.25) is 19.2 Å². The topological polar surface area (TPSA) is 68.3 Å². The summed E-state index contributed by atoms with van der Waals surface area (Å²) in [5.74, 6) is -1.11. The normalized spacial score (nSPS) is 49.1. The van der Waals surface area contributed by atoms with Crippen molar-refractivity contribution in [2.24, 2.45) is 47.3 Å². The van der Waals surface area contributed by atoms with Gasteiger partial charge in [0.15, 0.2) is 0 Å². The maximum atomic E-state index is 12.8. The van der Waals surface area contributed by atoms with Gasteiger partial charge < -0.3 is 0 Å². The van der Waals surface area contributed by atoms with Crippen molar-refractivity contribution in [3.05, 3.63) is 0 Å². The number of ketones is 4. The summed E-state index contributed by atoms with van der Waals surface area (Å²) in [6.45, 7) is 3.65. The predicted molar refractivity (Wildman–Crippen MR) is 82.4 cm³/mol. The van der Waals surface area contributed by atoms with Crippen LogP contribution in [0.5, 0.6) is 0 Å². The van der Waals surface area contributed by atoms with E-state index in [-0.39, 0.29) is 58.6 Å². The van der Waals surface area contributed by atoms with Crippen LogP contribution >= 0.6 is 0 Å². The molecule has 0 aliphatic heterocycles. The molecule has 4 unspecified atom stereocenters. The van der Waals surface area contributed by atoms with Crippen LogP contribution in [-0.4, -0.2) is 23.1 Å². The van der Waals surface area contributed by atoms with Gasteiger partial charge in [-0.2, -0.15) is 0 Å². The predicted octanol–water partition coefficient (Wildman–Crippen LogP) is 2.24. The molecule has 0 heterocycles. The third-order valence-electron chi connectivity index (χ3n) is 7.29. The van der Waals surface area contributed by atoms with E-state index in [0.29, 0.717) is 6.42 Å². The first-order valence-electron chi connectivity index (χ1n) is 9.12. The van der Waals surface area contributed by atoms with Gasteiger partial charge in [0, 0.05) is 23.7 Å². The molecule has 4 atom stereocenters. The Hall–Kier alpha value is -1.32. The van der Waals surface area contributed by atoms with Gasteiger partial charge in [-0.25, -0.2) is 0 Å². The van der Waals surface area contributed by atoms with Crippen molar-refractivity contribution >= 4 is 23.1 Å². The van der Waals surface area contributed by atoms with Gasteiger partial charge in [0.25, 0.3) is 0 Å². The quantitative estimate of drug-likeness (QED) is 0.696. The second-order valence-corrected chi connectivity index (χ2v) is 8.03. The number of carbonyl (C=O) groups excluding carboxylic acids is 4. The molecule has 4 nitrogen and oxygen atoms in total. The highest BCUT2D eigenvalue weighted by Gasteiger charge is 2.62. The summed E-state index contributed by atoms with van der Waals surface area (Å²) in [6.07, 6.45) is 3.49. The molecule has 124 valence electrons. The van der Waals surface area contributed by atoms with Gasteiger partial charge in [0.1, 0.15) is 23.1 Å². The highest BCUT2D eigenvalue weighted by atomic mass is 16.2. The Morgan fingerprint density at radius 3 is 1.39 bits per heavy atom. The standard InChI is InChI=1S/C19H24O4/c1-3-9-18(22)12-6-4-10-14-11(17(21)8(2)16(10)20)5-7-13(15(12)14)19(9)23/h8-15H,3-7H2,1-2H3. The largest absolute Gasteiger partial charge is 0.299 e. The zero-order chi connectivity index (χ0) is 16.5. The Morgan fingerprint density at radius 2 is 1.04 bits per heavy atom. The van der Waals surface area contributed by atoms with Crippen LogP contribution in [0.2, 0.25) is 0 Å². The molecule has 4 fully saturated rings. The van der Waals surface area contributed by atoms with Crippen molar-refractivity contribution in [3.63, 3.8) is 0 Å². The van der Waals surface area contributed by atoms with Crippen LogP contribution < -0.4 is 0 Å². The summed E-state index contributed by atoms with van der Waals surface area (Å²) in [7, 11) is 0. The molecule has 4 aliphatic carbocycles. The molecule has 4 heteroatoms. The van der Waals surface area contributed by atoms with Gasteiger partial charge in [-0.15, -0.1) is 0 Å². The Balaban J connectivity index is 1.77. The van der Waals surface area contributed by atoms with E-state index in [9.17, 15) is 19.2 Å². The molecule has 0 N–H and O–H groups in total. The lowest BCUT2D eigenvalue weighted by atomic mass is 9.45. The smallest absolute Gasteiger partial charge is 0.146 e. The number of hydrogen-bond donors (Lipinski definition) is 0. The van der Waals surface area contributed by atoms with E-state index in [1.165, 1.54) is 0 Å². The van der Waals surface area contributed by atoms with Gasteiger partial charge in [-0.05, 0) is 50.9 Å². The SMILES string of the molecule is CCC1C(=O)C2CCC3C(=O)C(C)C(=O)C4CCC(C1=O)C2C34. The number of rotatable bonds is 1. The van der Waals surface area contributed by atoms with E-state index in [2.05, 4.69) is 0 Å². The average molecular weight is 316 g/mol. The van der Waals surface area contributed by atoms with Crippen LogP contribution in [0.3, 0.4) is 0 Å². The van der Waals surface area contributed by atoms with Crippen LogP contribution in [0, 0.1) is 47.3 Å². The van der Waals surface area contributed by atoms with Crippen molar-refractivity contribution in [2.75, 3.05) is 0 Å². The lowest BCUT2D eigenvalue weighted by Gasteiger charge is -2.56. The van der Waals surface area contributed by atoms with Crippen LogP contribution in [0.25, 0.3) is 0 Å². The van der Waals surface area contributed by atoms with E-state index in [1.807, 2.05) is 6.92 Å². The van der Waals surface area contributed by atoms with Crippen LogP contribution in [0.1, 0.15) is 46.0 Å². The molecular weight excluding hydrogens is 292 g/mol. The third-order valence-corrected chi connectivity index (χ3v) is 7.29. The minimum Gasteiger partial charge on any atom is -0.299 e. The molecule has 0 saturated heterocycles. The van der Waals surface area contributed by atoms with E-state index >= 15 is 0 Å². The number of Topliss-reactive ketones (excluding diaryl/α,β-unsaturated/α-hetero) is 4. The first kappa shape index (κ1) is 15.2.